The van der Waals surface area contributed by atoms with Crippen molar-refractivity contribution in [3.05, 3.63) is 35.9 Å². The maximum atomic E-state index is 12.2. The fraction of sp³-hybridized carbons (Fsp3) is 0.556. The van der Waals surface area contributed by atoms with Crippen molar-refractivity contribution in [2.45, 2.75) is 19.4 Å². The number of carboxylic acid groups (broad SMARTS) is 1. The molecule has 6 nitrogen and oxygen atoms in total. The molecule has 130 valence electrons. The van der Waals surface area contributed by atoms with E-state index >= 15 is 0 Å². The molecule has 0 spiro atoms. The Kier molecular flexibility index (Phi) is 5.35. The summed E-state index contributed by atoms with van der Waals surface area (Å²) < 4.78 is 0. The lowest BCUT2D eigenvalue weighted by molar-refractivity contribution is -0.136. The molecule has 1 aromatic carbocycles. The van der Waals surface area contributed by atoms with E-state index in [-0.39, 0.29) is 12.5 Å². The molecule has 2 heterocycles. The smallest absolute Gasteiger partial charge is 0.407 e. The molecule has 1 N–H and O–H groups in total. The number of carbonyl (C=O) groups excluding carboxylic acids is 1. The van der Waals surface area contributed by atoms with E-state index in [1.54, 1.807) is 0 Å². The van der Waals surface area contributed by atoms with Crippen molar-refractivity contribution in [1.29, 1.82) is 0 Å². The van der Waals surface area contributed by atoms with Gasteiger partial charge in [0.1, 0.15) is 6.54 Å². The van der Waals surface area contributed by atoms with E-state index in [9.17, 15) is 9.59 Å². The highest BCUT2D eigenvalue weighted by atomic mass is 16.4. The highest BCUT2D eigenvalue weighted by molar-refractivity contribution is 5.83. The van der Waals surface area contributed by atoms with Crippen LogP contribution in [0.1, 0.15) is 18.4 Å². The summed E-state index contributed by atoms with van der Waals surface area (Å²) in [5.41, 5.74) is 1.32. The first-order valence-corrected chi connectivity index (χ1v) is 8.64. The number of rotatable bonds is 4. The van der Waals surface area contributed by atoms with E-state index in [2.05, 4.69) is 29.2 Å². The molecule has 0 bridgehead atoms. The number of piperazine rings is 1. The predicted octanol–water partition coefficient (Wildman–Crippen LogP) is 1.72. The first-order chi connectivity index (χ1) is 11.6. The van der Waals surface area contributed by atoms with Crippen LogP contribution in [0.15, 0.2) is 30.3 Å². The third-order valence-corrected chi connectivity index (χ3v) is 4.92. The van der Waals surface area contributed by atoms with Gasteiger partial charge in [-0.15, -0.1) is 0 Å². The van der Waals surface area contributed by atoms with Gasteiger partial charge in [0.2, 0.25) is 5.91 Å². The molecule has 2 saturated heterocycles. The van der Waals surface area contributed by atoms with Gasteiger partial charge in [0, 0.05) is 32.7 Å². The van der Waals surface area contributed by atoms with E-state index < -0.39 is 6.09 Å². The van der Waals surface area contributed by atoms with E-state index in [1.807, 2.05) is 11.0 Å². The Morgan fingerprint density at radius 2 is 1.96 bits per heavy atom. The van der Waals surface area contributed by atoms with Gasteiger partial charge >= 0.3 is 6.09 Å². The van der Waals surface area contributed by atoms with E-state index in [0.29, 0.717) is 19.0 Å². The molecule has 0 aliphatic carbocycles. The molecule has 1 atom stereocenters. The molecule has 0 aromatic heterocycles. The highest BCUT2D eigenvalue weighted by Gasteiger charge is 2.29. The van der Waals surface area contributed by atoms with Crippen LogP contribution in [0.5, 0.6) is 0 Å². The summed E-state index contributed by atoms with van der Waals surface area (Å²) in [4.78, 5) is 28.6. The Hall–Kier alpha value is -2.08. The van der Waals surface area contributed by atoms with Crippen molar-refractivity contribution in [3.8, 4) is 0 Å². The van der Waals surface area contributed by atoms with Gasteiger partial charge in [0.05, 0.1) is 0 Å². The van der Waals surface area contributed by atoms with Crippen LogP contribution in [0.3, 0.4) is 0 Å². The second-order valence-electron chi connectivity index (χ2n) is 6.77. The number of carbonyl (C=O) groups is 2. The summed E-state index contributed by atoms with van der Waals surface area (Å²) in [6.45, 7) is 4.74. The van der Waals surface area contributed by atoms with Gasteiger partial charge < -0.3 is 10.0 Å². The third-order valence-electron chi connectivity index (χ3n) is 4.92. The second-order valence-corrected chi connectivity index (χ2v) is 6.77. The van der Waals surface area contributed by atoms with Crippen LogP contribution in [0.25, 0.3) is 0 Å². The maximum absolute atomic E-state index is 12.2. The van der Waals surface area contributed by atoms with Crippen molar-refractivity contribution in [2.24, 2.45) is 5.92 Å². The van der Waals surface area contributed by atoms with Gasteiger partial charge in [-0.3, -0.25) is 14.6 Å². The fourth-order valence-electron chi connectivity index (χ4n) is 3.66. The Morgan fingerprint density at radius 3 is 2.67 bits per heavy atom. The molecule has 0 radical (unpaired) electrons. The van der Waals surface area contributed by atoms with E-state index in [0.717, 1.165) is 39.0 Å². The normalized spacial score (nSPS) is 22.7. The molecule has 24 heavy (non-hydrogen) atoms. The number of amides is 2. The molecule has 2 fully saturated rings. The highest BCUT2D eigenvalue weighted by Crippen LogP contribution is 2.20. The first kappa shape index (κ1) is 16.8. The van der Waals surface area contributed by atoms with Crippen LogP contribution in [0, 0.1) is 5.92 Å². The molecule has 2 aliphatic rings. The van der Waals surface area contributed by atoms with Crippen LogP contribution in [0.2, 0.25) is 0 Å². The monoisotopic (exact) mass is 331 g/mol. The zero-order valence-corrected chi connectivity index (χ0v) is 13.9. The minimum absolute atomic E-state index is 0.00418. The standard InChI is InChI=1S/C18H25N3O3/c22-17-14-21(18(23)24)10-9-20(17)13-16-7-4-8-19(12-16)11-15-5-2-1-3-6-15/h1-3,5-6,16H,4,7-14H2,(H,23,24). The van der Waals surface area contributed by atoms with Gasteiger partial charge in [0.15, 0.2) is 0 Å². The molecular weight excluding hydrogens is 306 g/mol. The van der Waals surface area contributed by atoms with Crippen LogP contribution >= 0.6 is 0 Å². The molecule has 6 heteroatoms. The van der Waals surface area contributed by atoms with Crippen LogP contribution < -0.4 is 0 Å². The SMILES string of the molecule is O=C(O)N1CCN(CC2CCCN(Cc3ccccc3)C2)C(=O)C1. The first-order valence-electron chi connectivity index (χ1n) is 8.64. The Morgan fingerprint density at radius 1 is 1.17 bits per heavy atom. The molecule has 2 aliphatic heterocycles. The molecular formula is C18H25N3O3. The lowest BCUT2D eigenvalue weighted by Gasteiger charge is -2.38. The maximum Gasteiger partial charge on any atom is 0.407 e. The summed E-state index contributed by atoms with van der Waals surface area (Å²) in [6.07, 6.45) is 1.29. The van der Waals surface area contributed by atoms with Gasteiger partial charge in [-0.2, -0.15) is 0 Å². The van der Waals surface area contributed by atoms with Crippen LogP contribution in [-0.4, -0.2) is 71.1 Å². The summed E-state index contributed by atoms with van der Waals surface area (Å²) in [7, 11) is 0. The van der Waals surface area contributed by atoms with E-state index in [4.69, 9.17) is 5.11 Å². The molecule has 1 unspecified atom stereocenters. The summed E-state index contributed by atoms with van der Waals surface area (Å²) >= 11 is 0. The number of hydrogen-bond donors (Lipinski definition) is 1. The summed E-state index contributed by atoms with van der Waals surface area (Å²) in [5, 5.41) is 8.99. The number of nitrogens with zero attached hydrogens (tertiary/aromatic N) is 3. The zero-order chi connectivity index (χ0) is 16.9. The number of benzene rings is 1. The minimum Gasteiger partial charge on any atom is -0.465 e. The second kappa shape index (κ2) is 7.66. The number of likely N-dealkylation sites (tertiary alicyclic amines) is 1. The zero-order valence-electron chi connectivity index (χ0n) is 13.9. The van der Waals surface area contributed by atoms with Crippen molar-refractivity contribution in [3.63, 3.8) is 0 Å². The van der Waals surface area contributed by atoms with Crippen molar-refractivity contribution in [1.82, 2.24) is 14.7 Å². The number of piperidine rings is 1. The average molecular weight is 331 g/mol. The molecule has 0 saturated carbocycles. The Balaban J connectivity index is 1.50. The fourth-order valence-corrected chi connectivity index (χ4v) is 3.66. The van der Waals surface area contributed by atoms with Crippen molar-refractivity contribution >= 4 is 12.0 Å². The predicted molar refractivity (Wildman–Crippen MR) is 90.6 cm³/mol. The molecule has 3 rings (SSSR count). The van der Waals surface area contributed by atoms with Gasteiger partial charge in [0.25, 0.3) is 0 Å². The lowest BCUT2D eigenvalue weighted by Crippen LogP contribution is -2.54. The van der Waals surface area contributed by atoms with E-state index in [1.165, 1.54) is 10.5 Å². The minimum atomic E-state index is -1.00. The number of hydrogen-bond acceptors (Lipinski definition) is 3. The van der Waals surface area contributed by atoms with Crippen LogP contribution in [0.4, 0.5) is 4.79 Å². The van der Waals surface area contributed by atoms with Crippen molar-refractivity contribution in [2.75, 3.05) is 39.3 Å². The lowest BCUT2D eigenvalue weighted by atomic mass is 9.96. The topological polar surface area (TPSA) is 64.1 Å². The Labute approximate surface area is 142 Å². The third kappa shape index (κ3) is 4.26. The summed E-state index contributed by atoms with van der Waals surface area (Å²) in [5.74, 6) is 0.409. The molecule has 2 amide bonds. The molecule has 1 aromatic rings. The summed E-state index contributed by atoms with van der Waals surface area (Å²) in [6, 6.07) is 10.5. The average Bonchev–Trinajstić information content (AvgIpc) is 2.58. The Bertz CT molecular complexity index is 578. The van der Waals surface area contributed by atoms with Gasteiger partial charge in [-0.25, -0.2) is 4.79 Å². The quantitative estimate of drug-likeness (QED) is 0.912. The van der Waals surface area contributed by atoms with Gasteiger partial charge in [-0.05, 0) is 30.9 Å². The van der Waals surface area contributed by atoms with Crippen molar-refractivity contribution < 1.29 is 14.7 Å². The largest absolute Gasteiger partial charge is 0.465 e. The van der Waals surface area contributed by atoms with Gasteiger partial charge in [-0.1, -0.05) is 30.3 Å². The van der Waals surface area contributed by atoms with Crippen LogP contribution in [-0.2, 0) is 11.3 Å².